The fourth-order valence-corrected chi connectivity index (χ4v) is 1.98. The summed E-state index contributed by atoms with van der Waals surface area (Å²) in [7, 11) is 1.35. The maximum Gasteiger partial charge on any atom is 0.406 e. The number of carbonyl (C=O) groups excluding carboxylic acids is 1. The third kappa shape index (κ3) is 2.53. The largest absolute Gasteiger partial charge is 0.453 e. The summed E-state index contributed by atoms with van der Waals surface area (Å²) in [6.07, 6.45) is 2.23. The molecule has 0 aliphatic heterocycles. The van der Waals surface area contributed by atoms with Crippen LogP contribution in [0.1, 0.15) is 5.56 Å². The van der Waals surface area contributed by atoms with Crippen molar-refractivity contribution in [2.45, 2.75) is 6.42 Å². The molecular weight excluding hydrogens is 240 g/mol. The van der Waals surface area contributed by atoms with Crippen LogP contribution in [0.15, 0.2) is 24.4 Å². The normalized spacial score (nSPS) is 10.5. The van der Waals surface area contributed by atoms with Crippen LogP contribution in [-0.2, 0) is 11.2 Å². The topological polar surface area (TPSA) is 54.1 Å². The summed E-state index contributed by atoms with van der Waals surface area (Å²) in [6.45, 7) is 0.534. The van der Waals surface area contributed by atoms with Gasteiger partial charge >= 0.3 is 6.09 Å². The quantitative estimate of drug-likeness (QED) is 0.883. The number of para-hydroxylation sites is 1. The van der Waals surface area contributed by atoms with Gasteiger partial charge in [0.25, 0.3) is 0 Å². The van der Waals surface area contributed by atoms with E-state index in [4.69, 9.17) is 11.6 Å². The maximum absolute atomic E-state index is 10.9. The average molecular weight is 253 g/mol. The van der Waals surface area contributed by atoms with E-state index in [0.717, 1.165) is 22.9 Å². The van der Waals surface area contributed by atoms with Gasteiger partial charge in [0, 0.05) is 18.1 Å². The average Bonchev–Trinajstić information content (AvgIpc) is 2.74. The van der Waals surface area contributed by atoms with Crippen molar-refractivity contribution in [2.75, 3.05) is 13.7 Å². The SMILES string of the molecule is COC(=O)NCCc1c[nH]c2c(Cl)cccc12. The van der Waals surface area contributed by atoms with Gasteiger partial charge in [-0.05, 0) is 18.1 Å². The Labute approximate surface area is 104 Å². The van der Waals surface area contributed by atoms with Crippen molar-refractivity contribution >= 4 is 28.6 Å². The standard InChI is InChI=1S/C12H13ClN2O2/c1-17-12(16)14-6-5-8-7-15-11-9(8)3-2-4-10(11)13/h2-4,7,15H,5-6H2,1H3,(H,14,16). The Morgan fingerprint density at radius 1 is 1.53 bits per heavy atom. The molecule has 2 N–H and O–H groups in total. The number of aromatic nitrogens is 1. The van der Waals surface area contributed by atoms with Crippen LogP contribution in [0.25, 0.3) is 10.9 Å². The van der Waals surface area contributed by atoms with E-state index in [1.54, 1.807) is 0 Å². The lowest BCUT2D eigenvalue weighted by molar-refractivity contribution is 0.171. The highest BCUT2D eigenvalue weighted by Gasteiger charge is 2.06. The van der Waals surface area contributed by atoms with E-state index < -0.39 is 6.09 Å². The van der Waals surface area contributed by atoms with Crippen LogP contribution in [0.5, 0.6) is 0 Å². The first kappa shape index (κ1) is 11.8. The van der Waals surface area contributed by atoms with Crippen LogP contribution >= 0.6 is 11.6 Å². The number of hydrogen-bond donors (Lipinski definition) is 2. The molecule has 1 heterocycles. The van der Waals surface area contributed by atoms with Crippen molar-refractivity contribution in [3.05, 3.63) is 35.0 Å². The third-order valence-electron chi connectivity index (χ3n) is 2.60. The Hall–Kier alpha value is -1.68. The van der Waals surface area contributed by atoms with Crippen molar-refractivity contribution < 1.29 is 9.53 Å². The van der Waals surface area contributed by atoms with Gasteiger partial charge in [0.05, 0.1) is 17.6 Å². The first-order chi connectivity index (χ1) is 8.22. The highest BCUT2D eigenvalue weighted by Crippen LogP contribution is 2.25. The molecule has 0 atom stereocenters. The molecule has 0 aliphatic carbocycles. The number of amides is 1. The summed E-state index contributed by atoms with van der Waals surface area (Å²) in [6, 6.07) is 5.76. The zero-order valence-electron chi connectivity index (χ0n) is 9.42. The van der Waals surface area contributed by atoms with E-state index in [0.29, 0.717) is 11.6 Å². The minimum absolute atomic E-state index is 0.414. The van der Waals surface area contributed by atoms with E-state index in [9.17, 15) is 4.79 Å². The molecule has 2 aromatic rings. The fraction of sp³-hybridized carbons (Fsp3) is 0.250. The van der Waals surface area contributed by atoms with E-state index in [1.165, 1.54) is 7.11 Å². The smallest absolute Gasteiger partial charge is 0.406 e. The van der Waals surface area contributed by atoms with Gasteiger partial charge in [-0.25, -0.2) is 4.79 Å². The predicted octanol–water partition coefficient (Wildman–Crippen LogP) is 2.72. The highest BCUT2D eigenvalue weighted by atomic mass is 35.5. The number of H-pyrrole nitrogens is 1. The summed E-state index contributed by atoms with van der Waals surface area (Å²) in [4.78, 5) is 14.0. The maximum atomic E-state index is 10.9. The fourth-order valence-electron chi connectivity index (χ4n) is 1.75. The lowest BCUT2D eigenvalue weighted by Gasteiger charge is -2.02. The van der Waals surface area contributed by atoms with Crippen molar-refractivity contribution in [3.8, 4) is 0 Å². The molecule has 2 rings (SSSR count). The van der Waals surface area contributed by atoms with Crippen LogP contribution < -0.4 is 5.32 Å². The van der Waals surface area contributed by atoms with Crippen LogP contribution in [0.3, 0.4) is 0 Å². The molecule has 0 saturated heterocycles. The number of benzene rings is 1. The number of ether oxygens (including phenoxy) is 1. The number of methoxy groups -OCH3 is 1. The van der Waals surface area contributed by atoms with Gasteiger partial charge in [0.2, 0.25) is 0 Å². The van der Waals surface area contributed by atoms with Crippen LogP contribution in [-0.4, -0.2) is 24.7 Å². The molecule has 90 valence electrons. The van der Waals surface area contributed by atoms with Crippen molar-refractivity contribution in [2.24, 2.45) is 0 Å². The first-order valence-corrected chi connectivity index (χ1v) is 5.66. The first-order valence-electron chi connectivity index (χ1n) is 5.28. The van der Waals surface area contributed by atoms with E-state index in [-0.39, 0.29) is 0 Å². The van der Waals surface area contributed by atoms with Crippen molar-refractivity contribution in [3.63, 3.8) is 0 Å². The van der Waals surface area contributed by atoms with Crippen molar-refractivity contribution in [1.29, 1.82) is 0 Å². The second-order valence-corrected chi connectivity index (χ2v) is 4.05. The minimum Gasteiger partial charge on any atom is -0.453 e. The number of alkyl carbamates (subject to hydrolysis) is 1. The number of fused-ring (bicyclic) bond motifs is 1. The molecule has 0 aliphatic rings. The van der Waals surface area contributed by atoms with Crippen molar-refractivity contribution in [1.82, 2.24) is 10.3 Å². The molecule has 1 amide bonds. The summed E-state index contributed by atoms with van der Waals surface area (Å²) in [5, 5.41) is 4.43. The van der Waals surface area contributed by atoms with Gasteiger partial charge in [0.1, 0.15) is 0 Å². The van der Waals surface area contributed by atoms with E-state index >= 15 is 0 Å². The molecule has 0 spiro atoms. The molecule has 0 radical (unpaired) electrons. The summed E-state index contributed by atoms with van der Waals surface area (Å²) in [5.74, 6) is 0. The zero-order chi connectivity index (χ0) is 12.3. The molecule has 1 aromatic carbocycles. The van der Waals surface area contributed by atoms with Gasteiger partial charge in [-0.1, -0.05) is 23.7 Å². The summed E-state index contributed by atoms with van der Waals surface area (Å²) >= 11 is 6.06. The molecular formula is C12H13ClN2O2. The Bertz CT molecular complexity index is 536. The second-order valence-electron chi connectivity index (χ2n) is 3.64. The molecule has 4 nitrogen and oxygen atoms in total. The zero-order valence-corrected chi connectivity index (χ0v) is 10.2. The van der Waals surface area contributed by atoms with Gasteiger partial charge in [0.15, 0.2) is 0 Å². The molecule has 5 heteroatoms. The molecule has 0 fully saturated rings. The Morgan fingerprint density at radius 3 is 3.12 bits per heavy atom. The monoisotopic (exact) mass is 252 g/mol. The molecule has 17 heavy (non-hydrogen) atoms. The summed E-state index contributed by atoms with van der Waals surface area (Å²) in [5.41, 5.74) is 2.06. The second kappa shape index (κ2) is 5.10. The Kier molecular flexibility index (Phi) is 3.54. The molecule has 0 saturated carbocycles. The Morgan fingerprint density at radius 2 is 2.35 bits per heavy atom. The number of nitrogens with one attached hydrogen (secondary N) is 2. The number of aromatic amines is 1. The lowest BCUT2D eigenvalue weighted by Crippen LogP contribution is -2.25. The number of hydrogen-bond acceptors (Lipinski definition) is 2. The van der Waals surface area contributed by atoms with Gasteiger partial charge in [-0.15, -0.1) is 0 Å². The molecule has 1 aromatic heterocycles. The van der Waals surface area contributed by atoms with Gasteiger partial charge in [-0.2, -0.15) is 0 Å². The number of halogens is 1. The van der Waals surface area contributed by atoms with Crippen LogP contribution in [0.4, 0.5) is 4.79 Å². The molecule has 0 bridgehead atoms. The molecule has 0 unspecified atom stereocenters. The Balaban J connectivity index is 2.09. The summed E-state index contributed by atoms with van der Waals surface area (Å²) < 4.78 is 4.50. The number of carbonyl (C=O) groups is 1. The minimum atomic E-state index is -0.414. The van der Waals surface area contributed by atoms with Crippen LogP contribution in [0.2, 0.25) is 5.02 Å². The van der Waals surface area contributed by atoms with Gasteiger partial charge in [-0.3, -0.25) is 0 Å². The van der Waals surface area contributed by atoms with E-state index in [1.807, 2.05) is 24.4 Å². The third-order valence-corrected chi connectivity index (χ3v) is 2.91. The predicted molar refractivity (Wildman–Crippen MR) is 67.4 cm³/mol. The van der Waals surface area contributed by atoms with Gasteiger partial charge < -0.3 is 15.0 Å². The number of rotatable bonds is 3. The van der Waals surface area contributed by atoms with Crippen LogP contribution in [0, 0.1) is 0 Å². The lowest BCUT2D eigenvalue weighted by atomic mass is 10.1. The highest BCUT2D eigenvalue weighted by molar-refractivity contribution is 6.35. The van der Waals surface area contributed by atoms with E-state index in [2.05, 4.69) is 15.0 Å².